The lowest BCUT2D eigenvalue weighted by atomic mass is 9.78. The van der Waals surface area contributed by atoms with E-state index in [1.807, 2.05) is 0 Å². The normalized spacial score (nSPS) is 24.5. The maximum absolute atomic E-state index is 3.82. The topological polar surface area (TPSA) is 12.0 Å². The van der Waals surface area contributed by atoms with Crippen LogP contribution < -0.4 is 5.32 Å². The highest BCUT2D eigenvalue weighted by atomic mass is 14.9. The van der Waals surface area contributed by atoms with Crippen molar-refractivity contribution in [2.24, 2.45) is 11.8 Å². The van der Waals surface area contributed by atoms with Crippen molar-refractivity contribution in [3.05, 3.63) is 35.9 Å². The van der Waals surface area contributed by atoms with Crippen molar-refractivity contribution in [1.29, 1.82) is 0 Å². The summed E-state index contributed by atoms with van der Waals surface area (Å²) in [7, 11) is 0. The van der Waals surface area contributed by atoms with Gasteiger partial charge >= 0.3 is 0 Å². The van der Waals surface area contributed by atoms with E-state index in [4.69, 9.17) is 0 Å². The van der Waals surface area contributed by atoms with E-state index in [0.717, 1.165) is 17.9 Å². The molecule has 0 radical (unpaired) electrons. The van der Waals surface area contributed by atoms with Crippen LogP contribution in [-0.4, -0.2) is 12.6 Å². The van der Waals surface area contributed by atoms with Crippen molar-refractivity contribution in [3.8, 4) is 0 Å². The van der Waals surface area contributed by atoms with Gasteiger partial charge in [0.05, 0.1) is 0 Å². The Morgan fingerprint density at radius 1 is 1.10 bits per heavy atom. The van der Waals surface area contributed by atoms with Gasteiger partial charge in [0.25, 0.3) is 0 Å². The fourth-order valence-electron chi connectivity index (χ4n) is 3.49. The summed E-state index contributed by atoms with van der Waals surface area (Å²) in [5.74, 6) is 1.86. The number of nitrogens with one attached hydrogen (secondary N) is 1. The second-order valence-corrected chi connectivity index (χ2v) is 6.60. The first kappa shape index (κ1) is 15.6. The number of benzene rings is 1. The zero-order valence-corrected chi connectivity index (χ0v) is 13.3. The van der Waals surface area contributed by atoms with Crippen LogP contribution in [0.4, 0.5) is 0 Å². The van der Waals surface area contributed by atoms with Crippen molar-refractivity contribution in [2.45, 2.75) is 64.8 Å². The van der Waals surface area contributed by atoms with E-state index in [2.05, 4.69) is 49.5 Å². The predicted molar refractivity (Wildman–Crippen MR) is 88.0 cm³/mol. The summed E-state index contributed by atoms with van der Waals surface area (Å²) in [6, 6.07) is 11.7. The first-order valence-corrected chi connectivity index (χ1v) is 8.57. The molecule has 1 aliphatic rings. The molecule has 1 N–H and O–H groups in total. The van der Waals surface area contributed by atoms with Crippen LogP contribution in [-0.2, 0) is 6.42 Å². The molecular weight excluding hydrogens is 242 g/mol. The van der Waals surface area contributed by atoms with Gasteiger partial charge in [0, 0.05) is 6.04 Å². The molecule has 1 aliphatic carbocycles. The number of rotatable bonds is 7. The van der Waals surface area contributed by atoms with Gasteiger partial charge in [-0.05, 0) is 56.0 Å². The molecule has 0 spiro atoms. The van der Waals surface area contributed by atoms with E-state index in [9.17, 15) is 0 Å². The molecule has 1 heteroatoms. The lowest BCUT2D eigenvalue weighted by Crippen LogP contribution is -2.38. The second kappa shape index (κ2) is 8.46. The third-order valence-electron chi connectivity index (χ3n) is 4.87. The Morgan fingerprint density at radius 2 is 1.80 bits per heavy atom. The minimum Gasteiger partial charge on any atom is -0.314 e. The molecule has 0 aliphatic heterocycles. The van der Waals surface area contributed by atoms with Crippen LogP contribution in [0, 0.1) is 11.8 Å². The van der Waals surface area contributed by atoms with Crippen LogP contribution >= 0.6 is 0 Å². The van der Waals surface area contributed by atoms with Crippen LogP contribution in [0.2, 0.25) is 0 Å². The van der Waals surface area contributed by atoms with Crippen LogP contribution in [0.1, 0.15) is 57.9 Å². The fraction of sp³-hybridized carbons (Fsp3) is 0.684. The summed E-state index contributed by atoms with van der Waals surface area (Å²) in [5.41, 5.74) is 1.49. The molecule has 1 aromatic carbocycles. The standard InChI is InChI=1S/C19H31N/c1-3-15-20-19(18-12-9-16(2)10-13-18)14-11-17-7-5-4-6-8-17/h4-8,16,18-20H,3,9-15H2,1-2H3. The summed E-state index contributed by atoms with van der Waals surface area (Å²) < 4.78 is 0. The average molecular weight is 273 g/mol. The molecule has 0 saturated heterocycles. The Balaban J connectivity index is 1.86. The highest BCUT2D eigenvalue weighted by Crippen LogP contribution is 2.31. The molecule has 0 bridgehead atoms. The van der Waals surface area contributed by atoms with Crippen molar-refractivity contribution in [1.82, 2.24) is 5.32 Å². The summed E-state index contributed by atoms with van der Waals surface area (Å²) in [5, 5.41) is 3.82. The van der Waals surface area contributed by atoms with Crippen molar-refractivity contribution >= 4 is 0 Å². The van der Waals surface area contributed by atoms with E-state index < -0.39 is 0 Å². The maximum Gasteiger partial charge on any atom is 0.00984 e. The van der Waals surface area contributed by atoms with E-state index >= 15 is 0 Å². The monoisotopic (exact) mass is 273 g/mol. The first-order valence-electron chi connectivity index (χ1n) is 8.57. The van der Waals surface area contributed by atoms with Gasteiger partial charge in [-0.15, -0.1) is 0 Å². The van der Waals surface area contributed by atoms with Gasteiger partial charge in [-0.2, -0.15) is 0 Å². The average Bonchev–Trinajstić information content (AvgIpc) is 2.50. The Bertz CT molecular complexity index is 351. The molecule has 1 unspecified atom stereocenters. The van der Waals surface area contributed by atoms with Gasteiger partial charge in [0.15, 0.2) is 0 Å². The quantitative estimate of drug-likeness (QED) is 0.751. The van der Waals surface area contributed by atoms with Crippen molar-refractivity contribution < 1.29 is 0 Å². The molecule has 2 rings (SSSR count). The van der Waals surface area contributed by atoms with E-state index in [1.165, 1.54) is 57.1 Å². The molecule has 0 amide bonds. The molecule has 0 aromatic heterocycles. The zero-order valence-electron chi connectivity index (χ0n) is 13.3. The summed E-state index contributed by atoms with van der Waals surface area (Å²) in [6.07, 6.45) is 9.47. The Morgan fingerprint density at radius 3 is 2.45 bits per heavy atom. The molecular formula is C19H31N. The predicted octanol–water partition coefficient (Wildman–Crippen LogP) is 4.81. The van der Waals surface area contributed by atoms with Crippen LogP contribution in [0.25, 0.3) is 0 Å². The van der Waals surface area contributed by atoms with Gasteiger partial charge in [-0.3, -0.25) is 0 Å². The fourth-order valence-corrected chi connectivity index (χ4v) is 3.49. The SMILES string of the molecule is CCCNC(CCc1ccccc1)C1CCC(C)CC1. The van der Waals surface area contributed by atoms with E-state index in [1.54, 1.807) is 0 Å². The van der Waals surface area contributed by atoms with Crippen LogP contribution in [0.15, 0.2) is 30.3 Å². The highest BCUT2D eigenvalue weighted by Gasteiger charge is 2.25. The molecule has 1 atom stereocenters. The van der Waals surface area contributed by atoms with E-state index in [0.29, 0.717) is 0 Å². The smallest absolute Gasteiger partial charge is 0.00984 e. The van der Waals surface area contributed by atoms with Crippen molar-refractivity contribution in [3.63, 3.8) is 0 Å². The number of hydrogen-bond donors (Lipinski definition) is 1. The largest absolute Gasteiger partial charge is 0.314 e. The Kier molecular flexibility index (Phi) is 6.59. The lowest BCUT2D eigenvalue weighted by molar-refractivity contribution is 0.222. The first-order chi connectivity index (χ1) is 9.79. The molecule has 1 aromatic rings. The Labute approximate surface area is 125 Å². The summed E-state index contributed by atoms with van der Waals surface area (Å²) in [6.45, 7) is 5.85. The van der Waals surface area contributed by atoms with Gasteiger partial charge in [-0.25, -0.2) is 0 Å². The van der Waals surface area contributed by atoms with Crippen LogP contribution in [0.5, 0.6) is 0 Å². The van der Waals surface area contributed by atoms with E-state index in [-0.39, 0.29) is 0 Å². The molecule has 20 heavy (non-hydrogen) atoms. The molecule has 1 saturated carbocycles. The zero-order chi connectivity index (χ0) is 14.2. The number of aryl methyl sites for hydroxylation is 1. The Hall–Kier alpha value is -0.820. The summed E-state index contributed by atoms with van der Waals surface area (Å²) in [4.78, 5) is 0. The van der Waals surface area contributed by atoms with Gasteiger partial charge in [-0.1, -0.05) is 57.0 Å². The third kappa shape index (κ3) is 4.94. The maximum atomic E-state index is 3.82. The minimum atomic E-state index is 0.725. The molecule has 0 heterocycles. The third-order valence-corrected chi connectivity index (χ3v) is 4.87. The van der Waals surface area contributed by atoms with Gasteiger partial charge in [0.2, 0.25) is 0 Å². The highest BCUT2D eigenvalue weighted by molar-refractivity contribution is 5.14. The lowest BCUT2D eigenvalue weighted by Gasteiger charge is -2.33. The second-order valence-electron chi connectivity index (χ2n) is 6.60. The number of hydrogen-bond acceptors (Lipinski definition) is 1. The molecule has 1 fully saturated rings. The molecule has 112 valence electrons. The summed E-state index contributed by atoms with van der Waals surface area (Å²) >= 11 is 0. The van der Waals surface area contributed by atoms with Gasteiger partial charge < -0.3 is 5.32 Å². The molecule has 1 nitrogen and oxygen atoms in total. The van der Waals surface area contributed by atoms with Crippen LogP contribution in [0.3, 0.4) is 0 Å². The van der Waals surface area contributed by atoms with Crippen molar-refractivity contribution in [2.75, 3.05) is 6.54 Å². The minimum absolute atomic E-state index is 0.725. The van der Waals surface area contributed by atoms with Gasteiger partial charge in [0.1, 0.15) is 0 Å².